The molecule has 1 aromatic heterocycles. The predicted octanol–water partition coefficient (Wildman–Crippen LogP) is 2.74. The lowest BCUT2D eigenvalue weighted by atomic mass is 10.1. The van der Waals surface area contributed by atoms with Gasteiger partial charge >= 0.3 is 0 Å². The number of benzene rings is 1. The molecule has 0 fully saturated rings. The first kappa shape index (κ1) is 15.1. The van der Waals surface area contributed by atoms with Gasteiger partial charge in [0.05, 0.1) is 7.11 Å². The zero-order valence-corrected chi connectivity index (χ0v) is 13.3. The Bertz CT molecular complexity index is 735. The molecule has 1 amide bonds. The van der Waals surface area contributed by atoms with Crippen LogP contribution in [0.5, 0.6) is 5.88 Å². The molecule has 0 bridgehead atoms. The van der Waals surface area contributed by atoms with Crippen molar-refractivity contribution in [3.05, 3.63) is 60.3 Å². The van der Waals surface area contributed by atoms with Crippen LogP contribution in [0.4, 0.5) is 11.4 Å². The molecule has 118 valence electrons. The Morgan fingerprint density at radius 3 is 2.74 bits per heavy atom. The van der Waals surface area contributed by atoms with Crippen LogP contribution in [0.2, 0.25) is 0 Å². The molecular weight excluding hydrogens is 290 g/mol. The summed E-state index contributed by atoms with van der Waals surface area (Å²) >= 11 is 0. The van der Waals surface area contributed by atoms with Crippen LogP contribution in [0.25, 0.3) is 0 Å². The number of pyridine rings is 1. The minimum Gasteiger partial charge on any atom is -0.480 e. The average Bonchev–Trinajstić information content (AvgIpc) is 3.15. The van der Waals surface area contributed by atoms with E-state index in [9.17, 15) is 4.79 Å². The number of nitrogens with zero attached hydrogens (tertiary/aromatic N) is 3. The van der Waals surface area contributed by atoms with Gasteiger partial charge in [0.25, 0.3) is 5.91 Å². The number of anilines is 2. The van der Waals surface area contributed by atoms with Gasteiger partial charge in [-0.05, 0) is 30.3 Å². The number of rotatable bonds is 4. The number of hydrogen-bond donors (Lipinski definition) is 0. The van der Waals surface area contributed by atoms with E-state index in [0.29, 0.717) is 17.1 Å². The third-order valence-electron chi connectivity index (χ3n) is 3.89. The van der Waals surface area contributed by atoms with Crippen molar-refractivity contribution in [2.24, 2.45) is 0 Å². The average molecular weight is 309 g/mol. The number of aromatic nitrogens is 1. The molecular formula is C18H19N3O2. The molecule has 3 rings (SSSR count). The second-order valence-corrected chi connectivity index (χ2v) is 5.32. The summed E-state index contributed by atoms with van der Waals surface area (Å²) in [5, 5.41) is 0. The maximum absolute atomic E-state index is 12.8. The number of carbonyl (C=O) groups is 1. The van der Waals surface area contributed by atoms with Gasteiger partial charge in [-0.25, -0.2) is 4.98 Å². The van der Waals surface area contributed by atoms with E-state index in [2.05, 4.69) is 22.0 Å². The van der Waals surface area contributed by atoms with Crippen LogP contribution >= 0.6 is 0 Å². The van der Waals surface area contributed by atoms with Gasteiger partial charge in [0.15, 0.2) is 0 Å². The quantitative estimate of drug-likeness (QED) is 0.815. The van der Waals surface area contributed by atoms with Crippen LogP contribution in [-0.4, -0.2) is 38.1 Å². The number of hydrogen-bond acceptors (Lipinski definition) is 4. The van der Waals surface area contributed by atoms with E-state index in [1.165, 1.54) is 0 Å². The van der Waals surface area contributed by atoms with Crippen molar-refractivity contribution in [3.8, 4) is 5.88 Å². The lowest BCUT2D eigenvalue weighted by Gasteiger charge is -2.21. The Morgan fingerprint density at radius 1 is 1.22 bits per heavy atom. The monoisotopic (exact) mass is 309 g/mol. The largest absolute Gasteiger partial charge is 0.480 e. The lowest BCUT2D eigenvalue weighted by Crippen LogP contribution is -2.27. The summed E-state index contributed by atoms with van der Waals surface area (Å²) in [6.45, 7) is 1.76. The van der Waals surface area contributed by atoms with Gasteiger partial charge in [-0.2, -0.15) is 0 Å². The first-order valence-corrected chi connectivity index (χ1v) is 7.48. The Labute approximate surface area is 135 Å². The Morgan fingerprint density at radius 2 is 2.00 bits per heavy atom. The van der Waals surface area contributed by atoms with E-state index in [4.69, 9.17) is 4.74 Å². The minimum atomic E-state index is -0.0923. The maximum Gasteiger partial charge on any atom is 0.258 e. The molecule has 5 nitrogen and oxygen atoms in total. The van der Waals surface area contributed by atoms with Gasteiger partial charge in [0, 0.05) is 37.6 Å². The molecule has 0 aliphatic carbocycles. The van der Waals surface area contributed by atoms with Crippen molar-refractivity contribution in [1.29, 1.82) is 0 Å². The highest BCUT2D eigenvalue weighted by Gasteiger charge is 2.18. The lowest BCUT2D eigenvalue weighted by molar-refractivity contribution is 0.0992. The molecule has 5 heteroatoms. The van der Waals surface area contributed by atoms with E-state index in [0.717, 1.165) is 18.8 Å². The fraction of sp³-hybridized carbons (Fsp3) is 0.222. The molecule has 0 radical (unpaired) electrons. The molecule has 1 aromatic carbocycles. The summed E-state index contributed by atoms with van der Waals surface area (Å²) in [6, 6.07) is 11.3. The van der Waals surface area contributed by atoms with Gasteiger partial charge in [-0.1, -0.05) is 18.2 Å². The van der Waals surface area contributed by atoms with Crippen LogP contribution in [0.3, 0.4) is 0 Å². The molecule has 1 aliphatic rings. The van der Waals surface area contributed by atoms with E-state index in [1.54, 1.807) is 31.3 Å². The SMILES string of the molecule is COc1ncccc1N(C)C(=O)c1cccc(N2CC=CC2)c1. The number of ether oxygens (including phenoxy) is 1. The van der Waals surface area contributed by atoms with Crippen LogP contribution in [-0.2, 0) is 0 Å². The third kappa shape index (κ3) is 3.04. The highest BCUT2D eigenvalue weighted by molar-refractivity contribution is 6.06. The van der Waals surface area contributed by atoms with E-state index in [1.807, 2.05) is 30.3 Å². The Balaban J connectivity index is 1.86. The Hall–Kier alpha value is -2.82. The van der Waals surface area contributed by atoms with Crippen LogP contribution < -0.4 is 14.5 Å². The second kappa shape index (κ2) is 6.52. The molecule has 2 heterocycles. The topological polar surface area (TPSA) is 45.7 Å². The van der Waals surface area contributed by atoms with Crippen LogP contribution in [0.1, 0.15) is 10.4 Å². The van der Waals surface area contributed by atoms with Crippen LogP contribution in [0.15, 0.2) is 54.7 Å². The van der Waals surface area contributed by atoms with Crippen molar-refractivity contribution in [3.63, 3.8) is 0 Å². The predicted molar refractivity (Wildman–Crippen MR) is 91.3 cm³/mol. The summed E-state index contributed by atoms with van der Waals surface area (Å²) in [4.78, 5) is 20.7. The van der Waals surface area contributed by atoms with Gasteiger partial charge in [0.1, 0.15) is 5.69 Å². The molecule has 1 aliphatic heterocycles. The fourth-order valence-electron chi connectivity index (χ4n) is 2.62. The summed E-state index contributed by atoms with van der Waals surface area (Å²) < 4.78 is 5.24. The highest BCUT2D eigenvalue weighted by atomic mass is 16.5. The summed E-state index contributed by atoms with van der Waals surface area (Å²) in [5.41, 5.74) is 2.34. The van der Waals surface area contributed by atoms with Crippen molar-refractivity contribution in [1.82, 2.24) is 4.98 Å². The maximum atomic E-state index is 12.8. The molecule has 0 unspecified atom stereocenters. The summed E-state index contributed by atoms with van der Waals surface area (Å²) in [6.07, 6.45) is 5.89. The number of amides is 1. The molecule has 0 spiro atoms. The zero-order valence-electron chi connectivity index (χ0n) is 13.3. The molecule has 0 saturated heterocycles. The standard InChI is InChI=1S/C18H19N3O2/c1-20(16-9-6-10-19-17(16)23-2)18(22)14-7-5-8-15(13-14)21-11-3-4-12-21/h3-10,13H,11-12H2,1-2H3. The normalized spacial score (nSPS) is 13.2. The third-order valence-corrected chi connectivity index (χ3v) is 3.89. The number of methoxy groups -OCH3 is 1. The molecule has 2 aromatic rings. The highest BCUT2D eigenvalue weighted by Crippen LogP contribution is 2.26. The van der Waals surface area contributed by atoms with Crippen molar-refractivity contribution < 1.29 is 9.53 Å². The van der Waals surface area contributed by atoms with Crippen molar-refractivity contribution in [2.75, 3.05) is 37.0 Å². The summed E-state index contributed by atoms with van der Waals surface area (Å²) in [5.74, 6) is 0.341. The van der Waals surface area contributed by atoms with E-state index >= 15 is 0 Å². The van der Waals surface area contributed by atoms with E-state index < -0.39 is 0 Å². The van der Waals surface area contributed by atoms with Crippen molar-refractivity contribution in [2.45, 2.75) is 0 Å². The second-order valence-electron chi connectivity index (χ2n) is 5.32. The first-order valence-electron chi connectivity index (χ1n) is 7.48. The molecule has 0 N–H and O–H groups in total. The first-order chi connectivity index (χ1) is 11.2. The zero-order chi connectivity index (χ0) is 16.2. The summed E-state index contributed by atoms with van der Waals surface area (Å²) in [7, 11) is 3.27. The molecule has 23 heavy (non-hydrogen) atoms. The minimum absolute atomic E-state index is 0.0923. The Kier molecular flexibility index (Phi) is 4.28. The van der Waals surface area contributed by atoms with Crippen molar-refractivity contribution >= 4 is 17.3 Å². The smallest absolute Gasteiger partial charge is 0.258 e. The van der Waals surface area contributed by atoms with E-state index in [-0.39, 0.29) is 5.91 Å². The van der Waals surface area contributed by atoms with Crippen LogP contribution in [0, 0.1) is 0 Å². The van der Waals surface area contributed by atoms with Gasteiger partial charge < -0.3 is 14.5 Å². The molecule has 0 atom stereocenters. The number of carbonyl (C=O) groups excluding carboxylic acids is 1. The van der Waals surface area contributed by atoms with Gasteiger partial charge in [0.2, 0.25) is 5.88 Å². The molecule has 0 saturated carbocycles. The van der Waals surface area contributed by atoms with Gasteiger partial charge in [-0.3, -0.25) is 4.79 Å². The van der Waals surface area contributed by atoms with Gasteiger partial charge in [-0.15, -0.1) is 0 Å². The fourth-order valence-corrected chi connectivity index (χ4v) is 2.62.